The number of rotatable bonds is 3. The first-order valence-corrected chi connectivity index (χ1v) is 7.37. The third-order valence-corrected chi connectivity index (χ3v) is 3.92. The van der Waals surface area contributed by atoms with Gasteiger partial charge >= 0.3 is 0 Å². The number of thiazole rings is 1. The quantitative estimate of drug-likeness (QED) is 0.866. The van der Waals surface area contributed by atoms with Gasteiger partial charge in [0.2, 0.25) is 0 Å². The van der Waals surface area contributed by atoms with E-state index in [-0.39, 0.29) is 5.91 Å². The summed E-state index contributed by atoms with van der Waals surface area (Å²) >= 11 is 9.20. The Balaban J connectivity index is 2.15. The van der Waals surface area contributed by atoms with Crippen molar-refractivity contribution in [2.45, 2.75) is 11.4 Å². The number of nitrogens with zero attached hydrogens (tertiary/aromatic N) is 2. The second-order valence-corrected chi connectivity index (χ2v) is 5.92. The minimum atomic E-state index is -0.0551. The zero-order valence-corrected chi connectivity index (χ0v) is 12.9. The van der Waals surface area contributed by atoms with Gasteiger partial charge in [-0.15, -0.1) is 24.0 Å². The Morgan fingerprint density at radius 2 is 2.33 bits per heavy atom. The largest absolute Gasteiger partial charge is 0.336 e. The monoisotopic (exact) mass is 342 g/mol. The molecule has 6 heteroatoms. The average molecular weight is 343 g/mol. The molecule has 0 saturated heterocycles. The Labute approximate surface area is 123 Å². The van der Waals surface area contributed by atoms with Gasteiger partial charge in [0.05, 0.1) is 23.3 Å². The molecule has 1 heterocycles. The molecule has 0 spiro atoms. The number of hydrogen-bond acceptors (Lipinski definition) is 4. The summed E-state index contributed by atoms with van der Waals surface area (Å²) in [5.41, 5.74) is 3.25. The van der Waals surface area contributed by atoms with Gasteiger partial charge in [0.25, 0.3) is 5.91 Å². The van der Waals surface area contributed by atoms with E-state index < -0.39 is 0 Å². The Hall–Kier alpha value is -0.850. The Bertz CT molecular complexity index is 557. The first kappa shape index (κ1) is 13.6. The highest BCUT2D eigenvalue weighted by Gasteiger charge is 2.15. The highest BCUT2D eigenvalue weighted by Crippen LogP contribution is 2.21. The molecule has 0 aliphatic carbocycles. The third kappa shape index (κ3) is 3.13. The number of amides is 1. The van der Waals surface area contributed by atoms with Crippen molar-refractivity contribution in [3.63, 3.8) is 0 Å². The van der Waals surface area contributed by atoms with E-state index in [9.17, 15) is 4.79 Å². The highest BCUT2D eigenvalue weighted by atomic mass is 79.9. The molecule has 2 aromatic rings. The smallest absolute Gasteiger partial charge is 0.255 e. The highest BCUT2D eigenvalue weighted by molar-refractivity contribution is 9.10. The van der Waals surface area contributed by atoms with Crippen LogP contribution in [0.5, 0.6) is 0 Å². The zero-order valence-electron chi connectivity index (χ0n) is 9.63. The van der Waals surface area contributed by atoms with E-state index in [1.165, 1.54) is 11.3 Å². The summed E-state index contributed by atoms with van der Waals surface area (Å²) < 4.78 is 0.909. The number of halogens is 1. The minimum absolute atomic E-state index is 0.0551. The van der Waals surface area contributed by atoms with Gasteiger partial charge in [0, 0.05) is 21.8 Å². The summed E-state index contributed by atoms with van der Waals surface area (Å²) in [5, 5.41) is 1.94. The molecule has 0 radical (unpaired) electrons. The second-order valence-electron chi connectivity index (χ2n) is 3.80. The van der Waals surface area contributed by atoms with Crippen LogP contribution in [0.1, 0.15) is 16.1 Å². The molecule has 0 aliphatic rings. The molecular formula is C12H11BrN2OS2. The van der Waals surface area contributed by atoms with E-state index in [0.717, 1.165) is 10.2 Å². The van der Waals surface area contributed by atoms with Crippen molar-refractivity contribution in [1.82, 2.24) is 9.88 Å². The first-order chi connectivity index (χ1) is 8.58. The normalized spacial score (nSPS) is 10.4. The predicted molar refractivity (Wildman–Crippen MR) is 79.3 cm³/mol. The van der Waals surface area contributed by atoms with Gasteiger partial charge in [-0.25, -0.2) is 4.98 Å². The number of thiol groups is 1. The van der Waals surface area contributed by atoms with Crippen LogP contribution in [-0.4, -0.2) is 22.8 Å². The van der Waals surface area contributed by atoms with Crippen molar-refractivity contribution < 1.29 is 4.79 Å². The van der Waals surface area contributed by atoms with Gasteiger partial charge in [-0.2, -0.15) is 0 Å². The lowest BCUT2D eigenvalue weighted by molar-refractivity contribution is 0.0780. The third-order valence-electron chi connectivity index (χ3n) is 2.42. The SMILES string of the molecule is CN(Cc1cscn1)C(=O)c1ccc(Br)cc1S. The van der Waals surface area contributed by atoms with Crippen LogP contribution in [0.25, 0.3) is 0 Å². The standard InChI is InChI=1S/C12H11BrN2OS2/c1-15(5-9-6-18-7-14-9)12(16)10-3-2-8(13)4-11(10)17/h2-4,6-7,17H,5H2,1H3. The molecule has 1 aromatic heterocycles. The summed E-state index contributed by atoms with van der Waals surface area (Å²) in [6.45, 7) is 0.506. The van der Waals surface area contributed by atoms with Crippen molar-refractivity contribution in [2.75, 3.05) is 7.05 Å². The molecule has 0 saturated carbocycles. The minimum Gasteiger partial charge on any atom is -0.336 e. The van der Waals surface area contributed by atoms with Crippen molar-refractivity contribution in [2.24, 2.45) is 0 Å². The van der Waals surface area contributed by atoms with Gasteiger partial charge in [0.1, 0.15) is 0 Å². The van der Waals surface area contributed by atoms with Gasteiger partial charge in [-0.3, -0.25) is 4.79 Å². The molecule has 0 N–H and O–H groups in total. The van der Waals surface area contributed by atoms with Gasteiger partial charge < -0.3 is 4.90 Å². The maximum Gasteiger partial charge on any atom is 0.255 e. The second kappa shape index (κ2) is 5.86. The van der Waals surface area contributed by atoms with Crippen molar-refractivity contribution in [3.05, 3.63) is 44.8 Å². The van der Waals surface area contributed by atoms with Crippen molar-refractivity contribution in [3.8, 4) is 0 Å². The molecule has 3 nitrogen and oxygen atoms in total. The van der Waals surface area contributed by atoms with Crippen LogP contribution in [0, 0.1) is 0 Å². The molecular weight excluding hydrogens is 332 g/mol. The van der Waals surface area contributed by atoms with Crippen LogP contribution >= 0.6 is 39.9 Å². The summed E-state index contributed by atoms with van der Waals surface area (Å²) in [6, 6.07) is 5.42. The van der Waals surface area contributed by atoms with E-state index in [0.29, 0.717) is 17.0 Å². The fourth-order valence-electron chi connectivity index (χ4n) is 1.52. The molecule has 18 heavy (non-hydrogen) atoms. The van der Waals surface area contributed by atoms with Gasteiger partial charge in [-0.1, -0.05) is 15.9 Å². The lowest BCUT2D eigenvalue weighted by Gasteiger charge is -2.17. The Morgan fingerprint density at radius 1 is 1.56 bits per heavy atom. The van der Waals surface area contributed by atoms with Crippen LogP contribution in [0.2, 0.25) is 0 Å². The number of benzene rings is 1. The van der Waals surface area contributed by atoms with Crippen LogP contribution < -0.4 is 0 Å². The molecule has 0 bridgehead atoms. The van der Waals surface area contributed by atoms with Crippen LogP contribution in [0.4, 0.5) is 0 Å². The fraction of sp³-hybridized carbons (Fsp3) is 0.167. The van der Waals surface area contributed by atoms with E-state index in [2.05, 4.69) is 33.5 Å². The van der Waals surface area contributed by atoms with Gasteiger partial charge in [-0.05, 0) is 18.2 Å². The average Bonchev–Trinajstić information content (AvgIpc) is 2.81. The van der Waals surface area contributed by atoms with Crippen molar-refractivity contribution in [1.29, 1.82) is 0 Å². The Kier molecular flexibility index (Phi) is 4.42. The number of carbonyl (C=O) groups is 1. The molecule has 0 fully saturated rings. The van der Waals surface area contributed by atoms with Crippen LogP contribution in [-0.2, 0) is 6.54 Å². The van der Waals surface area contributed by atoms with E-state index >= 15 is 0 Å². The lowest BCUT2D eigenvalue weighted by atomic mass is 10.2. The van der Waals surface area contributed by atoms with E-state index in [1.807, 2.05) is 17.5 Å². The molecule has 1 aromatic carbocycles. The maximum absolute atomic E-state index is 12.2. The predicted octanol–water partition coefficient (Wildman–Crippen LogP) is 3.47. The summed E-state index contributed by atoms with van der Waals surface area (Å²) in [4.78, 5) is 18.7. The zero-order chi connectivity index (χ0) is 13.1. The lowest BCUT2D eigenvalue weighted by Crippen LogP contribution is -2.26. The molecule has 0 atom stereocenters. The molecule has 0 unspecified atom stereocenters. The molecule has 94 valence electrons. The number of aromatic nitrogens is 1. The topological polar surface area (TPSA) is 33.2 Å². The molecule has 0 aliphatic heterocycles. The summed E-state index contributed by atoms with van der Waals surface area (Å²) in [7, 11) is 1.76. The Morgan fingerprint density at radius 3 is 2.94 bits per heavy atom. The first-order valence-electron chi connectivity index (χ1n) is 5.19. The number of carbonyl (C=O) groups excluding carboxylic acids is 1. The summed E-state index contributed by atoms with van der Waals surface area (Å²) in [6.07, 6.45) is 0. The number of hydrogen-bond donors (Lipinski definition) is 1. The summed E-state index contributed by atoms with van der Waals surface area (Å²) in [5.74, 6) is -0.0551. The van der Waals surface area contributed by atoms with Crippen molar-refractivity contribution >= 4 is 45.8 Å². The van der Waals surface area contributed by atoms with Gasteiger partial charge in [0.15, 0.2) is 0 Å². The van der Waals surface area contributed by atoms with Crippen LogP contribution in [0.3, 0.4) is 0 Å². The van der Waals surface area contributed by atoms with E-state index in [4.69, 9.17) is 0 Å². The fourth-order valence-corrected chi connectivity index (χ4v) is 2.92. The maximum atomic E-state index is 12.2. The van der Waals surface area contributed by atoms with Crippen LogP contribution in [0.15, 0.2) is 38.5 Å². The van der Waals surface area contributed by atoms with E-state index in [1.54, 1.807) is 23.5 Å². The molecule has 1 amide bonds. The molecule has 2 rings (SSSR count).